The number of carbonyl (C=O) groups is 1. The van der Waals surface area contributed by atoms with Gasteiger partial charge in [-0.05, 0) is 36.2 Å². The molecule has 2 aromatic rings. The molecule has 2 rings (SSSR count). The second-order valence-electron chi connectivity index (χ2n) is 4.05. The van der Waals surface area contributed by atoms with Crippen LogP contribution < -0.4 is 10.5 Å². The molecule has 5 nitrogen and oxygen atoms in total. The first-order valence-electron chi connectivity index (χ1n) is 5.51. The van der Waals surface area contributed by atoms with Gasteiger partial charge in [0.15, 0.2) is 0 Å². The standard InChI is InChI=1S/C13H14N2O3/c1-18-10-2-3-12-9(6-10)4-8(7-15-12)5-11(14)13(16)17/h2-4,6-7,11H,5,14H2,1H3,(H,16,17)/t11-/m0/s1. The number of fused-ring (bicyclic) bond motifs is 1. The van der Waals surface area contributed by atoms with Gasteiger partial charge in [-0.25, -0.2) is 0 Å². The fourth-order valence-electron chi connectivity index (χ4n) is 1.74. The van der Waals surface area contributed by atoms with Gasteiger partial charge in [0.1, 0.15) is 11.8 Å². The van der Waals surface area contributed by atoms with Crippen LogP contribution in [0.25, 0.3) is 10.9 Å². The van der Waals surface area contributed by atoms with E-state index in [4.69, 9.17) is 15.6 Å². The Morgan fingerprint density at radius 2 is 2.28 bits per heavy atom. The molecule has 3 N–H and O–H groups in total. The van der Waals surface area contributed by atoms with Crippen LogP contribution in [-0.2, 0) is 11.2 Å². The maximum Gasteiger partial charge on any atom is 0.320 e. The molecular weight excluding hydrogens is 232 g/mol. The number of pyridine rings is 1. The number of aliphatic carboxylic acids is 1. The van der Waals surface area contributed by atoms with Gasteiger partial charge < -0.3 is 15.6 Å². The molecule has 1 aromatic carbocycles. The van der Waals surface area contributed by atoms with E-state index in [1.807, 2.05) is 24.3 Å². The Morgan fingerprint density at radius 1 is 1.50 bits per heavy atom. The van der Waals surface area contributed by atoms with Crippen molar-refractivity contribution < 1.29 is 14.6 Å². The van der Waals surface area contributed by atoms with E-state index in [9.17, 15) is 4.79 Å². The van der Waals surface area contributed by atoms with Gasteiger partial charge in [-0.3, -0.25) is 9.78 Å². The van der Waals surface area contributed by atoms with Gasteiger partial charge in [-0.1, -0.05) is 0 Å². The van der Waals surface area contributed by atoms with Crippen molar-refractivity contribution in [2.24, 2.45) is 5.73 Å². The van der Waals surface area contributed by atoms with Gasteiger partial charge in [0.25, 0.3) is 0 Å². The van der Waals surface area contributed by atoms with E-state index < -0.39 is 12.0 Å². The Balaban J connectivity index is 2.33. The zero-order chi connectivity index (χ0) is 13.1. The predicted molar refractivity (Wildman–Crippen MR) is 67.6 cm³/mol. The third-order valence-corrected chi connectivity index (χ3v) is 2.72. The van der Waals surface area contributed by atoms with E-state index >= 15 is 0 Å². The summed E-state index contributed by atoms with van der Waals surface area (Å²) in [6.45, 7) is 0. The van der Waals surface area contributed by atoms with Crippen molar-refractivity contribution >= 4 is 16.9 Å². The molecule has 1 atom stereocenters. The molecule has 94 valence electrons. The molecule has 1 aromatic heterocycles. The summed E-state index contributed by atoms with van der Waals surface area (Å²) in [6.07, 6.45) is 1.91. The summed E-state index contributed by atoms with van der Waals surface area (Å²) in [6, 6.07) is 6.52. The first-order valence-corrected chi connectivity index (χ1v) is 5.51. The lowest BCUT2D eigenvalue weighted by Crippen LogP contribution is -2.32. The third kappa shape index (κ3) is 2.57. The molecular formula is C13H14N2O3. The van der Waals surface area contributed by atoms with Crippen LogP contribution in [0.15, 0.2) is 30.5 Å². The minimum atomic E-state index is -1.01. The maximum atomic E-state index is 10.7. The smallest absolute Gasteiger partial charge is 0.320 e. The monoisotopic (exact) mass is 246 g/mol. The van der Waals surface area contributed by atoms with Crippen molar-refractivity contribution in [1.29, 1.82) is 0 Å². The molecule has 0 bridgehead atoms. The summed E-state index contributed by atoms with van der Waals surface area (Å²) in [5.74, 6) is -0.273. The molecule has 0 aliphatic carbocycles. The lowest BCUT2D eigenvalue weighted by atomic mass is 10.1. The quantitative estimate of drug-likeness (QED) is 0.846. The van der Waals surface area contributed by atoms with E-state index in [1.54, 1.807) is 13.3 Å². The van der Waals surface area contributed by atoms with Crippen LogP contribution in [0, 0.1) is 0 Å². The number of rotatable bonds is 4. The van der Waals surface area contributed by atoms with E-state index in [0.29, 0.717) is 0 Å². The van der Waals surface area contributed by atoms with E-state index in [2.05, 4.69) is 4.98 Å². The van der Waals surface area contributed by atoms with Crippen LogP contribution >= 0.6 is 0 Å². The molecule has 0 radical (unpaired) electrons. The fourth-order valence-corrected chi connectivity index (χ4v) is 1.74. The molecule has 0 amide bonds. The van der Waals surface area contributed by atoms with Crippen molar-refractivity contribution in [2.45, 2.75) is 12.5 Å². The Morgan fingerprint density at radius 3 is 2.94 bits per heavy atom. The average Bonchev–Trinajstić information content (AvgIpc) is 2.37. The minimum Gasteiger partial charge on any atom is -0.497 e. The van der Waals surface area contributed by atoms with Crippen LogP contribution in [-0.4, -0.2) is 29.2 Å². The summed E-state index contributed by atoms with van der Waals surface area (Å²) in [5.41, 5.74) is 7.13. The number of nitrogens with zero attached hydrogens (tertiary/aromatic N) is 1. The van der Waals surface area contributed by atoms with Gasteiger partial charge in [-0.15, -0.1) is 0 Å². The molecule has 5 heteroatoms. The highest BCUT2D eigenvalue weighted by molar-refractivity contribution is 5.81. The van der Waals surface area contributed by atoms with Gasteiger partial charge in [-0.2, -0.15) is 0 Å². The number of benzene rings is 1. The lowest BCUT2D eigenvalue weighted by molar-refractivity contribution is -0.138. The van der Waals surface area contributed by atoms with Gasteiger partial charge >= 0.3 is 5.97 Å². The van der Waals surface area contributed by atoms with Crippen LogP contribution in [0.5, 0.6) is 5.75 Å². The summed E-state index contributed by atoms with van der Waals surface area (Å²) in [4.78, 5) is 15.0. The second-order valence-corrected chi connectivity index (χ2v) is 4.05. The van der Waals surface area contributed by atoms with Crippen LogP contribution in [0.4, 0.5) is 0 Å². The topological polar surface area (TPSA) is 85.4 Å². The molecule has 0 unspecified atom stereocenters. The average molecular weight is 246 g/mol. The number of methoxy groups -OCH3 is 1. The molecule has 0 saturated carbocycles. The van der Waals surface area contributed by atoms with Crippen molar-refractivity contribution in [3.63, 3.8) is 0 Å². The van der Waals surface area contributed by atoms with Crippen molar-refractivity contribution in [3.05, 3.63) is 36.0 Å². The van der Waals surface area contributed by atoms with Gasteiger partial charge in [0, 0.05) is 11.6 Å². The first-order chi connectivity index (χ1) is 8.60. The summed E-state index contributed by atoms with van der Waals surface area (Å²) >= 11 is 0. The second kappa shape index (κ2) is 5.01. The number of carboxylic acid groups (broad SMARTS) is 1. The fraction of sp³-hybridized carbons (Fsp3) is 0.231. The summed E-state index contributed by atoms with van der Waals surface area (Å²) < 4.78 is 5.13. The summed E-state index contributed by atoms with van der Waals surface area (Å²) in [5, 5.41) is 9.68. The predicted octanol–water partition coefficient (Wildman–Crippen LogP) is 1.20. The van der Waals surface area contributed by atoms with E-state index in [0.717, 1.165) is 22.2 Å². The molecule has 18 heavy (non-hydrogen) atoms. The van der Waals surface area contributed by atoms with Crippen molar-refractivity contribution in [2.75, 3.05) is 7.11 Å². The largest absolute Gasteiger partial charge is 0.497 e. The molecule has 0 aliphatic rings. The highest BCUT2D eigenvalue weighted by Gasteiger charge is 2.12. The number of carboxylic acids is 1. The number of nitrogens with two attached hydrogens (primary N) is 1. The van der Waals surface area contributed by atoms with Crippen LogP contribution in [0.3, 0.4) is 0 Å². The van der Waals surface area contributed by atoms with E-state index in [1.165, 1.54) is 0 Å². The number of ether oxygens (including phenoxy) is 1. The van der Waals surface area contributed by atoms with Crippen LogP contribution in [0.1, 0.15) is 5.56 Å². The number of hydrogen-bond acceptors (Lipinski definition) is 4. The molecule has 0 aliphatic heterocycles. The Kier molecular flexibility index (Phi) is 3.43. The highest BCUT2D eigenvalue weighted by atomic mass is 16.5. The normalized spacial score (nSPS) is 12.3. The lowest BCUT2D eigenvalue weighted by Gasteiger charge is -2.07. The summed E-state index contributed by atoms with van der Waals surface area (Å²) in [7, 11) is 1.60. The number of hydrogen-bond donors (Lipinski definition) is 2. The Labute approximate surface area is 104 Å². The van der Waals surface area contributed by atoms with Gasteiger partial charge in [0.2, 0.25) is 0 Å². The highest BCUT2D eigenvalue weighted by Crippen LogP contribution is 2.20. The zero-order valence-corrected chi connectivity index (χ0v) is 9.96. The Bertz CT molecular complexity index is 583. The Hall–Kier alpha value is -2.14. The molecule has 0 fully saturated rings. The first kappa shape index (κ1) is 12.3. The third-order valence-electron chi connectivity index (χ3n) is 2.72. The van der Waals surface area contributed by atoms with E-state index in [-0.39, 0.29) is 6.42 Å². The maximum absolute atomic E-state index is 10.7. The van der Waals surface area contributed by atoms with Gasteiger partial charge in [0.05, 0.1) is 12.6 Å². The molecule has 0 saturated heterocycles. The van der Waals surface area contributed by atoms with Crippen LogP contribution in [0.2, 0.25) is 0 Å². The minimum absolute atomic E-state index is 0.259. The molecule has 1 heterocycles. The number of aromatic nitrogens is 1. The SMILES string of the molecule is COc1ccc2ncc(C[C@H](N)C(=O)O)cc2c1. The van der Waals surface area contributed by atoms with Crippen molar-refractivity contribution in [1.82, 2.24) is 4.98 Å². The zero-order valence-electron chi connectivity index (χ0n) is 9.96. The molecule has 0 spiro atoms. The van der Waals surface area contributed by atoms with Crippen molar-refractivity contribution in [3.8, 4) is 5.75 Å².